The number of rotatable bonds is 4. The van der Waals surface area contributed by atoms with E-state index in [0.717, 1.165) is 22.9 Å². The highest BCUT2D eigenvalue weighted by molar-refractivity contribution is 9.10. The Bertz CT molecular complexity index is 903. The molecular weight excluding hydrogens is 480 g/mol. The minimum Gasteiger partial charge on any atom is -0.244 e. The Morgan fingerprint density at radius 3 is 2.67 bits per heavy atom. The van der Waals surface area contributed by atoms with E-state index in [0.29, 0.717) is 11.9 Å². The van der Waals surface area contributed by atoms with Gasteiger partial charge in [0.15, 0.2) is 0 Å². The summed E-state index contributed by atoms with van der Waals surface area (Å²) >= 11 is 13.4. The standard InChI is InChI=1S/C16H17Br2ClN2O2S/c1-8(2)6-21-24(22,23)14-3-10-12(17)5-13(18)16(10)11-7-20-15(19)4-9(11)14/h3-4,7-8,12-13,21H,5-6H2,1-2H3. The summed E-state index contributed by atoms with van der Waals surface area (Å²) in [5, 5.41) is 1.71. The highest BCUT2D eigenvalue weighted by atomic mass is 79.9. The highest BCUT2D eigenvalue weighted by Gasteiger charge is 2.32. The van der Waals surface area contributed by atoms with Gasteiger partial charge in [0.05, 0.1) is 4.90 Å². The van der Waals surface area contributed by atoms with Crippen molar-refractivity contribution in [2.45, 2.75) is 34.8 Å². The van der Waals surface area contributed by atoms with E-state index < -0.39 is 10.0 Å². The molecule has 24 heavy (non-hydrogen) atoms. The average molecular weight is 497 g/mol. The van der Waals surface area contributed by atoms with Crippen LogP contribution in [0.15, 0.2) is 23.2 Å². The first-order valence-corrected chi connectivity index (χ1v) is 11.3. The largest absolute Gasteiger partial charge is 0.244 e. The minimum atomic E-state index is -3.63. The number of halogens is 3. The van der Waals surface area contributed by atoms with Crippen LogP contribution >= 0.6 is 43.5 Å². The van der Waals surface area contributed by atoms with Crippen LogP contribution in [-0.4, -0.2) is 19.9 Å². The van der Waals surface area contributed by atoms with Crippen molar-refractivity contribution in [2.75, 3.05) is 6.54 Å². The second-order valence-electron chi connectivity index (χ2n) is 6.35. The maximum Gasteiger partial charge on any atom is 0.241 e. The van der Waals surface area contributed by atoms with Crippen molar-refractivity contribution < 1.29 is 8.42 Å². The van der Waals surface area contributed by atoms with E-state index in [1.54, 1.807) is 18.3 Å². The minimum absolute atomic E-state index is 0.107. The van der Waals surface area contributed by atoms with E-state index in [1.165, 1.54) is 0 Å². The van der Waals surface area contributed by atoms with Crippen molar-refractivity contribution >= 4 is 64.3 Å². The fourth-order valence-corrected chi connectivity index (χ4v) is 6.66. The first-order valence-electron chi connectivity index (χ1n) is 7.60. The quantitative estimate of drug-likeness (QED) is 0.473. The van der Waals surface area contributed by atoms with Gasteiger partial charge in [0.1, 0.15) is 5.15 Å². The number of benzene rings is 1. The smallest absolute Gasteiger partial charge is 0.241 e. The predicted octanol–water partition coefficient (Wildman–Crippen LogP) is 5.10. The molecule has 0 amide bonds. The first kappa shape index (κ1) is 18.6. The van der Waals surface area contributed by atoms with Crippen LogP contribution < -0.4 is 4.72 Å². The van der Waals surface area contributed by atoms with Crippen LogP contribution in [0.5, 0.6) is 0 Å². The number of sulfonamides is 1. The van der Waals surface area contributed by atoms with Crippen molar-refractivity contribution in [3.8, 4) is 0 Å². The van der Waals surface area contributed by atoms with Crippen molar-refractivity contribution in [2.24, 2.45) is 5.92 Å². The van der Waals surface area contributed by atoms with Crippen LogP contribution in [0.3, 0.4) is 0 Å². The van der Waals surface area contributed by atoms with E-state index in [2.05, 4.69) is 41.6 Å². The summed E-state index contributed by atoms with van der Waals surface area (Å²) in [6.07, 6.45) is 2.52. The Morgan fingerprint density at radius 2 is 2.00 bits per heavy atom. The Morgan fingerprint density at radius 1 is 1.29 bits per heavy atom. The molecule has 1 aromatic carbocycles. The number of nitrogens with one attached hydrogen (secondary N) is 1. The molecule has 1 N–H and O–H groups in total. The maximum atomic E-state index is 12.8. The molecule has 0 fully saturated rings. The van der Waals surface area contributed by atoms with Crippen molar-refractivity contribution in [3.05, 3.63) is 34.6 Å². The molecule has 0 bridgehead atoms. The molecule has 2 atom stereocenters. The van der Waals surface area contributed by atoms with Gasteiger partial charge in [-0.25, -0.2) is 18.1 Å². The van der Waals surface area contributed by atoms with E-state index >= 15 is 0 Å². The molecule has 8 heteroatoms. The van der Waals surface area contributed by atoms with Crippen molar-refractivity contribution in [1.82, 2.24) is 9.71 Å². The van der Waals surface area contributed by atoms with E-state index in [1.807, 2.05) is 13.8 Å². The van der Waals surface area contributed by atoms with E-state index in [4.69, 9.17) is 11.6 Å². The topological polar surface area (TPSA) is 59.1 Å². The van der Waals surface area contributed by atoms with Gasteiger partial charge in [-0.15, -0.1) is 0 Å². The molecule has 0 spiro atoms. The van der Waals surface area contributed by atoms with E-state index in [9.17, 15) is 8.42 Å². The Balaban J connectivity index is 2.27. The number of pyridine rings is 1. The number of hydrogen-bond donors (Lipinski definition) is 1. The predicted molar refractivity (Wildman–Crippen MR) is 105 cm³/mol. The van der Waals surface area contributed by atoms with Gasteiger partial charge in [-0.1, -0.05) is 57.3 Å². The fourth-order valence-electron chi connectivity index (χ4n) is 2.91. The van der Waals surface area contributed by atoms with Gasteiger partial charge >= 0.3 is 0 Å². The molecule has 0 saturated heterocycles. The highest BCUT2D eigenvalue weighted by Crippen LogP contribution is 2.51. The average Bonchev–Trinajstić information content (AvgIpc) is 2.79. The van der Waals surface area contributed by atoms with Crippen LogP contribution in [0.25, 0.3) is 10.8 Å². The zero-order valence-corrected chi connectivity index (χ0v) is 17.9. The molecule has 3 rings (SSSR count). The van der Waals surface area contributed by atoms with E-state index in [-0.39, 0.29) is 25.6 Å². The third-order valence-corrected chi connectivity index (χ3v) is 7.43. The molecule has 1 aliphatic carbocycles. The van der Waals surface area contributed by atoms with Crippen molar-refractivity contribution in [3.63, 3.8) is 0 Å². The summed E-state index contributed by atoms with van der Waals surface area (Å²) in [7, 11) is -3.63. The zero-order valence-electron chi connectivity index (χ0n) is 13.2. The summed E-state index contributed by atoms with van der Waals surface area (Å²) in [5.41, 5.74) is 2.07. The molecule has 1 aliphatic rings. The van der Waals surface area contributed by atoms with Gasteiger partial charge in [0.25, 0.3) is 0 Å². The SMILES string of the molecule is CC(C)CNS(=O)(=O)c1cc2c(c3cnc(Cl)cc13)C(Br)CC2Br. The lowest BCUT2D eigenvalue weighted by molar-refractivity contribution is 0.561. The van der Waals surface area contributed by atoms with Crippen LogP contribution in [0.4, 0.5) is 0 Å². The maximum absolute atomic E-state index is 12.8. The van der Waals surface area contributed by atoms with Gasteiger partial charge in [-0.05, 0) is 35.6 Å². The number of alkyl halides is 2. The number of hydrogen-bond acceptors (Lipinski definition) is 3. The molecule has 0 aliphatic heterocycles. The van der Waals surface area contributed by atoms with Crippen molar-refractivity contribution in [1.29, 1.82) is 0 Å². The number of aromatic nitrogens is 1. The molecule has 2 unspecified atom stereocenters. The lowest BCUT2D eigenvalue weighted by Gasteiger charge is -2.15. The van der Waals surface area contributed by atoms with Gasteiger partial charge in [-0.2, -0.15) is 0 Å². The Hall–Kier alpha value is -0.210. The van der Waals surface area contributed by atoms with Gasteiger partial charge in [0, 0.05) is 33.2 Å². The number of fused-ring (bicyclic) bond motifs is 3. The van der Waals surface area contributed by atoms with Crippen LogP contribution in [0.1, 0.15) is 41.0 Å². The Labute approximate surface area is 163 Å². The first-order chi connectivity index (χ1) is 11.2. The zero-order chi connectivity index (χ0) is 17.6. The summed E-state index contributed by atoms with van der Waals surface area (Å²) in [6, 6.07) is 3.39. The normalized spacial score (nSPS) is 20.8. The third kappa shape index (κ3) is 3.38. The van der Waals surface area contributed by atoms with Crippen LogP contribution in [-0.2, 0) is 10.0 Å². The third-order valence-electron chi connectivity index (χ3n) is 4.06. The monoisotopic (exact) mass is 494 g/mol. The lowest BCUT2D eigenvalue weighted by Crippen LogP contribution is -2.28. The molecule has 0 radical (unpaired) electrons. The second-order valence-corrected chi connectivity index (χ2v) is 10.7. The van der Waals surface area contributed by atoms with Crippen LogP contribution in [0.2, 0.25) is 5.15 Å². The van der Waals surface area contributed by atoms with Gasteiger partial charge in [0.2, 0.25) is 10.0 Å². The lowest BCUT2D eigenvalue weighted by atomic mass is 10.0. The van der Waals surface area contributed by atoms with Crippen LogP contribution in [0, 0.1) is 5.92 Å². The molecule has 1 aromatic heterocycles. The molecule has 4 nitrogen and oxygen atoms in total. The molecule has 0 saturated carbocycles. The molecule has 2 aromatic rings. The Kier molecular flexibility index (Phi) is 5.29. The van der Waals surface area contributed by atoms with Gasteiger partial charge in [-0.3, -0.25) is 0 Å². The summed E-state index contributed by atoms with van der Waals surface area (Å²) in [6.45, 7) is 4.32. The van der Waals surface area contributed by atoms with Gasteiger partial charge < -0.3 is 0 Å². The molecule has 130 valence electrons. The summed E-state index contributed by atoms with van der Waals surface area (Å²) < 4.78 is 28.4. The molecular formula is C16H17Br2ClN2O2S. The summed E-state index contributed by atoms with van der Waals surface area (Å²) in [5.74, 6) is 0.224. The summed E-state index contributed by atoms with van der Waals surface area (Å²) in [4.78, 5) is 4.68. The molecule has 1 heterocycles. The second kappa shape index (κ2) is 6.83. The fraction of sp³-hybridized carbons (Fsp3) is 0.438. The number of nitrogens with zero attached hydrogens (tertiary/aromatic N) is 1.